The molecule has 0 fully saturated rings. The summed E-state index contributed by atoms with van der Waals surface area (Å²) in [7, 11) is 0. The van der Waals surface area contributed by atoms with Crippen LogP contribution in [-0.4, -0.2) is 0 Å². The molecule has 3 N–H and O–H groups in total. The van der Waals surface area contributed by atoms with E-state index in [1.54, 1.807) is 11.3 Å². The van der Waals surface area contributed by atoms with Gasteiger partial charge in [-0.25, -0.2) is 0 Å². The lowest BCUT2D eigenvalue weighted by Crippen LogP contribution is -2.29. The molecule has 2 nitrogen and oxygen atoms in total. The van der Waals surface area contributed by atoms with Gasteiger partial charge in [0.1, 0.15) is 0 Å². The molecular formula is C12H13ClN2S. The average Bonchev–Trinajstić information content (AvgIpc) is 2.81. The minimum absolute atomic E-state index is 0.125. The van der Waals surface area contributed by atoms with Crippen LogP contribution in [0.2, 0.25) is 5.02 Å². The standard InChI is InChI=1S/C12H13ClN2S/c13-10-5-2-1-4-9(10)8-11(15-14)12-6-3-7-16-12/h1-7,11,15H,8,14H2. The molecule has 16 heavy (non-hydrogen) atoms. The highest BCUT2D eigenvalue weighted by atomic mass is 35.5. The maximum atomic E-state index is 6.12. The van der Waals surface area contributed by atoms with Gasteiger partial charge in [-0.15, -0.1) is 11.3 Å². The molecule has 4 heteroatoms. The Morgan fingerprint density at radius 3 is 2.69 bits per heavy atom. The summed E-state index contributed by atoms with van der Waals surface area (Å²) in [5, 5.41) is 2.84. The fourth-order valence-electron chi connectivity index (χ4n) is 1.62. The molecule has 0 bridgehead atoms. The molecule has 1 atom stereocenters. The highest BCUT2D eigenvalue weighted by Crippen LogP contribution is 2.25. The number of rotatable bonds is 4. The van der Waals surface area contributed by atoms with Crippen LogP contribution in [0.1, 0.15) is 16.5 Å². The highest BCUT2D eigenvalue weighted by Gasteiger charge is 2.12. The van der Waals surface area contributed by atoms with E-state index in [0.29, 0.717) is 0 Å². The van der Waals surface area contributed by atoms with Gasteiger partial charge in [0.05, 0.1) is 6.04 Å². The van der Waals surface area contributed by atoms with Crippen LogP contribution in [0.15, 0.2) is 41.8 Å². The van der Waals surface area contributed by atoms with Crippen LogP contribution in [0.25, 0.3) is 0 Å². The van der Waals surface area contributed by atoms with Crippen molar-refractivity contribution in [3.8, 4) is 0 Å². The number of hydrogen-bond acceptors (Lipinski definition) is 3. The van der Waals surface area contributed by atoms with Crippen molar-refractivity contribution in [2.75, 3.05) is 0 Å². The molecule has 2 rings (SSSR count). The van der Waals surface area contributed by atoms with Crippen LogP contribution >= 0.6 is 22.9 Å². The smallest absolute Gasteiger partial charge is 0.0594 e. The molecule has 0 saturated heterocycles. The summed E-state index contributed by atoms with van der Waals surface area (Å²) in [4.78, 5) is 1.22. The number of benzene rings is 1. The van der Waals surface area contributed by atoms with Gasteiger partial charge >= 0.3 is 0 Å². The van der Waals surface area contributed by atoms with Gasteiger partial charge in [0, 0.05) is 9.90 Å². The fraction of sp³-hybridized carbons (Fsp3) is 0.167. The molecule has 1 unspecified atom stereocenters. The van der Waals surface area contributed by atoms with Crippen LogP contribution in [0, 0.1) is 0 Å². The summed E-state index contributed by atoms with van der Waals surface area (Å²) in [6.45, 7) is 0. The Morgan fingerprint density at radius 1 is 1.25 bits per heavy atom. The lowest BCUT2D eigenvalue weighted by Gasteiger charge is -2.14. The molecule has 0 saturated carbocycles. The molecular weight excluding hydrogens is 240 g/mol. The summed E-state index contributed by atoms with van der Waals surface area (Å²) >= 11 is 7.82. The van der Waals surface area contributed by atoms with Gasteiger partial charge in [0.2, 0.25) is 0 Å². The van der Waals surface area contributed by atoms with Gasteiger partial charge in [-0.1, -0.05) is 35.9 Å². The van der Waals surface area contributed by atoms with E-state index in [0.717, 1.165) is 17.0 Å². The van der Waals surface area contributed by atoms with E-state index in [2.05, 4.69) is 11.5 Å². The number of thiophene rings is 1. The number of halogens is 1. The summed E-state index contributed by atoms with van der Waals surface area (Å²) in [5.74, 6) is 5.58. The molecule has 0 spiro atoms. The van der Waals surface area contributed by atoms with Crippen LogP contribution in [0.3, 0.4) is 0 Å². The van der Waals surface area contributed by atoms with Crippen LogP contribution in [0.5, 0.6) is 0 Å². The fourth-order valence-corrected chi connectivity index (χ4v) is 2.61. The largest absolute Gasteiger partial charge is 0.271 e. The Bertz CT molecular complexity index is 442. The maximum Gasteiger partial charge on any atom is 0.0594 e. The first-order valence-electron chi connectivity index (χ1n) is 5.04. The molecule has 0 amide bonds. The van der Waals surface area contributed by atoms with Gasteiger partial charge in [0.15, 0.2) is 0 Å². The zero-order chi connectivity index (χ0) is 11.4. The second-order valence-electron chi connectivity index (χ2n) is 3.53. The van der Waals surface area contributed by atoms with Gasteiger partial charge in [-0.3, -0.25) is 11.3 Å². The Kier molecular flexibility index (Phi) is 3.96. The molecule has 1 heterocycles. The Hall–Kier alpha value is -0.870. The van der Waals surface area contributed by atoms with Crippen molar-refractivity contribution in [3.05, 3.63) is 57.2 Å². The maximum absolute atomic E-state index is 6.12. The zero-order valence-electron chi connectivity index (χ0n) is 8.69. The molecule has 0 aliphatic heterocycles. The van der Waals surface area contributed by atoms with Gasteiger partial charge in [-0.05, 0) is 29.5 Å². The van der Waals surface area contributed by atoms with E-state index >= 15 is 0 Å². The summed E-state index contributed by atoms with van der Waals surface area (Å²) in [5.41, 5.74) is 3.94. The van der Waals surface area contributed by atoms with E-state index in [1.165, 1.54) is 4.88 Å². The number of hydrogen-bond donors (Lipinski definition) is 2. The summed E-state index contributed by atoms with van der Waals surface area (Å²) < 4.78 is 0. The second-order valence-corrected chi connectivity index (χ2v) is 4.92. The van der Waals surface area contributed by atoms with Crippen molar-refractivity contribution in [3.63, 3.8) is 0 Å². The topological polar surface area (TPSA) is 38.0 Å². The predicted molar refractivity (Wildman–Crippen MR) is 69.5 cm³/mol. The SMILES string of the molecule is NNC(Cc1ccccc1Cl)c1cccs1. The van der Waals surface area contributed by atoms with Crippen LogP contribution in [0.4, 0.5) is 0 Å². The monoisotopic (exact) mass is 252 g/mol. The number of hydrazine groups is 1. The first kappa shape index (κ1) is 11.6. The molecule has 84 valence electrons. The Balaban J connectivity index is 2.17. The lowest BCUT2D eigenvalue weighted by molar-refractivity contribution is 0.561. The van der Waals surface area contributed by atoms with Crippen molar-refractivity contribution < 1.29 is 0 Å². The van der Waals surface area contributed by atoms with Gasteiger partial charge in [0.25, 0.3) is 0 Å². The molecule has 1 aromatic carbocycles. The third kappa shape index (κ3) is 2.62. The van der Waals surface area contributed by atoms with Crippen molar-refractivity contribution in [2.24, 2.45) is 5.84 Å². The quantitative estimate of drug-likeness (QED) is 0.648. The number of nitrogens with one attached hydrogen (secondary N) is 1. The second kappa shape index (κ2) is 5.46. The third-order valence-corrected chi connectivity index (χ3v) is 3.82. The van der Waals surface area contributed by atoms with E-state index in [-0.39, 0.29) is 6.04 Å². The normalized spacial score (nSPS) is 12.6. The first-order valence-corrected chi connectivity index (χ1v) is 6.30. The van der Waals surface area contributed by atoms with Crippen LogP contribution in [-0.2, 0) is 6.42 Å². The van der Waals surface area contributed by atoms with Crippen LogP contribution < -0.4 is 11.3 Å². The van der Waals surface area contributed by atoms with E-state index in [9.17, 15) is 0 Å². The number of nitrogens with two attached hydrogens (primary N) is 1. The van der Waals surface area contributed by atoms with E-state index in [1.807, 2.05) is 35.7 Å². The zero-order valence-corrected chi connectivity index (χ0v) is 10.3. The van der Waals surface area contributed by atoms with Gasteiger partial charge < -0.3 is 0 Å². The summed E-state index contributed by atoms with van der Waals surface area (Å²) in [6.07, 6.45) is 0.802. The van der Waals surface area contributed by atoms with Gasteiger partial charge in [-0.2, -0.15) is 0 Å². The molecule has 1 aromatic heterocycles. The first-order chi connectivity index (χ1) is 7.81. The average molecular weight is 253 g/mol. The third-order valence-electron chi connectivity index (χ3n) is 2.47. The highest BCUT2D eigenvalue weighted by molar-refractivity contribution is 7.10. The minimum atomic E-state index is 0.125. The molecule has 0 aliphatic carbocycles. The van der Waals surface area contributed by atoms with Crippen molar-refractivity contribution in [2.45, 2.75) is 12.5 Å². The lowest BCUT2D eigenvalue weighted by atomic mass is 10.1. The minimum Gasteiger partial charge on any atom is -0.271 e. The Labute approximate surface area is 104 Å². The Morgan fingerprint density at radius 2 is 2.06 bits per heavy atom. The van der Waals surface area contributed by atoms with E-state index in [4.69, 9.17) is 17.4 Å². The van der Waals surface area contributed by atoms with Crippen molar-refractivity contribution in [1.29, 1.82) is 0 Å². The van der Waals surface area contributed by atoms with E-state index < -0.39 is 0 Å². The van der Waals surface area contributed by atoms with Crippen molar-refractivity contribution >= 4 is 22.9 Å². The predicted octanol–water partition coefficient (Wildman–Crippen LogP) is 3.15. The summed E-state index contributed by atoms with van der Waals surface area (Å²) in [6, 6.07) is 12.1. The molecule has 0 radical (unpaired) electrons. The van der Waals surface area contributed by atoms with Crippen molar-refractivity contribution in [1.82, 2.24) is 5.43 Å². The molecule has 0 aliphatic rings. The molecule has 2 aromatic rings.